The van der Waals surface area contributed by atoms with Gasteiger partial charge in [0.2, 0.25) is 0 Å². The van der Waals surface area contributed by atoms with E-state index in [9.17, 15) is 4.79 Å². The standard InChI is InChI=1S/C15H25N3O/c1-4-17-15(19)12-7-8-14(13(16)10-12)18-9-5-6-11(2)3/h7-8,10-11,18H,4-6,9,16H2,1-3H3,(H,17,19). The Kier molecular flexibility index (Phi) is 6.19. The molecule has 0 aliphatic heterocycles. The van der Waals surface area contributed by atoms with Crippen molar-refractivity contribution < 1.29 is 4.79 Å². The predicted octanol–water partition coefficient (Wildman–Crippen LogP) is 2.87. The van der Waals surface area contributed by atoms with Crippen LogP contribution in [-0.2, 0) is 0 Å². The Labute approximate surface area is 115 Å². The summed E-state index contributed by atoms with van der Waals surface area (Å²) < 4.78 is 0. The Hall–Kier alpha value is -1.71. The van der Waals surface area contributed by atoms with Gasteiger partial charge < -0.3 is 16.4 Å². The van der Waals surface area contributed by atoms with Gasteiger partial charge in [0.15, 0.2) is 0 Å². The van der Waals surface area contributed by atoms with Crippen molar-refractivity contribution in [1.82, 2.24) is 5.32 Å². The highest BCUT2D eigenvalue weighted by atomic mass is 16.1. The summed E-state index contributed by atoms with van der Waals surface area (Å²) in [7, 11) is 0. The molecule has 0 aromatic heterocycles. The molecule has 4 heteroatoms. The van der Waals surface area contributed by atoms with Crippen LogP contribution in [0.3, 0.4) is 0 Å². The smallest absolute Gasteiger partial charge is 0.251 e. The maximum absolute atomic E-state index is 11.7. The molecular formula is C15H25N3O. The van der Waals surface area contributed by atoms with E-state index in [1.807, 2.05) is 13.0 Å². The van der Waals surface area contributed by atoms with Crippen LogP contribution in [0.1, 0.15) is 44.0 Å². The first-order valence-electron chi connectivity index (χ1n) is 6.96. The molecule has 0 aliphatic carbocycles. The van der Waals surface area contributed by atoms with Crippen LogP contribution in [0.4, 0.5) is 11.4 Å². The summed E-state index contributed by atoms with van der Waals surface area (Å²) in [6.07, 6.45) is 2.32. The average molecular weight is 263 g/mol. The molecular weight excluding hydrogens is 238 g/mol. The summed E-state index contributed by atoms with van der Waals surface area (Å²) in [5.74, 6) is 0.639. The number of nitrogens with two attached hydrogens (primary N) is 1. The van der Waals surface area contributed by atoms with Gasteiger partial charge in [0.05, 0.1) is 11.4 Å². The van der Waals surface area contributed by atoms with Crippen LogP contribution >= 0.6 is 0 Å². The van der Waals surface area contributed by atoms with Gasteiger partial charge in [-0.2, -0.15) is 0 Å². The predicted molar refractivity (Wildman–Crippen MR) is 81.4 cm³/mol. The summed E-state index contributed by atoms with van der Waals surface area (Å²) in [4.78, 5) is 11.7. The lowest BCUT2D eigenvalue weighted by Crippen LogP contribution is -2.22. The number of rotatable bonds is 7. The van der Waals surface area contributed by atoms with Crippen LogP contribution in [0.15, 0.2) is 18.2 Å². The molecule has 106 valence electrons. The van der Waals surface area contributed by atoms with Gasteiger partial charge >= 0.3 is 0 Å². The highest BCUT2D eigenvalue weighted by Gasteiger charge is 2.06. The van der Waals surface area contributed by atoms with Crippen molar-refractivity contribution in [2.45, 2.75) is 33.6 Å². The molecule has 0 aliphatic rings. The highest BCUT2D eigenvalue weighted by Crippen LogP contribution is 2.20. The van der Waals surface area contributed by atoms with Crippen molar-refractivity contribution in [1.29, 1.82) is 0 Å². The molecule has 0 saturated carbocycles. The van der Waals surface area contributed by atoms with Crippen LogP contribution in [0, 0.1) is 5.92 Å². The van der Waals surface area contributed by atoms with E-state index in [0.717, 1.165) is 24.6 Å². The SMILES string of the molecule is CCNC(=O)c1ccc(NCCCC(C)C)c(N)c1. The number of hydrogen-bond acceptors (Lipinski definition) is 3. The zero-order valence-electron chi connectivity index (χ0n) is 12.1. The fourth-order valence-corrected chi connectivity index (χ4v) is 1.86. The molecule has 1 aromatic rings. The van der Waals surface area contributed by atoms with Crippen molar-refractivity contribution in [3.8, 4) is 0 Å². The van der Waals surface area contributed by atoms with E-state index in [4.69, 9.17) is 5.73 Å². The van der Waals surface area contributed by atoms with E-state index in [1.165, 1.54) is 6.42 Å². The monoisotopic (exact) mass is 263 g/mol. The first-order valence-corrected chi connectivity index (χ1v) is 6.96. The molecule has 0 atom stereocenters. The zero-order valence-corrected chi connectivity index (χ0v) is 12.1. The van der Waals surface area contributed by atoms with E-state index < -0.39 is 0 Å². The quantitative estimate of drug-likeness (QED) is 0.523. The van der Waals surface area contributed by atoms with Gasteiger partial charge in [-0.1, -0.05) is 13.8 Å². The first-order chi connectivity index (χ1) is 9.04. The molecule has 0 spiro atoms. The van der Waals surface area contributed by atoms with Gasteiger partial charge in [-0.25, -0.2) is 0 Å². The molecule has 0 radical (unpaired) electrons. The Balaban J connectivity index is 2.55. The van der Waals surface area contributed by atoms with Gasteiger partial charge in [0.25, 0.3) is 5.91 Å². The van der Waals surface area contributed by atoms with E-state index in [-0.39, 0.29) is 5.91 Å². The summed E-state index contributed by atoms with van der Waals surface area (Å²) in [5.41, 5.74) is 8.08. The number of anilines is 2. The Bertz CT molecular complexity index is 416. The van der Waals surface area contributed by atoms with E-state index >= 15 is 0 Å². The zero-order chi connectivity index (χ0) is 14.3. The molecule has 0 unspecified atom stereocenters. The third-order valence-electron chi connectivity index (χ3n) is 2.92. The summed E-state index contributed by atoms with van der Waals surface area (Å²) >= 11 is 0. The number of nitrogens with one attached hydrogen (secondary N) is 2. The molecule has 1 aromatic carbocycles. The number of nitrogen functional groups attached to an aromatic ring is 1. The normalized spacial score (nSPS) is 10.5. The molecule has 1 amide bonds. The van der Waals surface area contributed by atoms with Crippen molar-refractivity contribution in [3.63, 3.8) is 0 Å². The minimum atomic E-state index is -0.0828. The van der Waals surface area contributed by atoms with E-state index in [1.54, 1.807) is 12.1 Å². The molecule has 19 heavy (non-hydrogen) atoms. The second-order valence-electron chi connectivity index (χ2n) is 5.12. The van der Waals surface area contributed by atoms with Gasteiger partial charge in [-0.05, 0) is 43.9 Å². The lowest BCUT2D eigenvalue weighted by Gasteiger charge is -2.11. The molecule has 0 heterocycles. The van der Waals surface area contributed by atoms with Gasteiger partial charge in [0, 0.05) is 18.7 Å². The fourth-order valence-electron chi connectivity index (χ4n) is 1.86. The molecule has 4 N–H and O–H groups in total. The van der Waals surface area contributed by atoms with Gasteiger partial charge in [-0.15, -0.1) is 0 Å². The average Bonchev–Trinajstić information content (AvgIpc) is 2.36. The highest BCUT2D eigenvalue weighted by molar-refractivity contribution is 5.96. The number of carbonyl (C=O) groups is 1. The Morgan fingerprint density at radius 1 is 1.37 bits per heavy atom. The maximum Gasteiger partial charge on any atom is 0.251 e. The molecule has 0 bridgehead atoms. The van der Waals surface area contributed by atoms with Gasteiger partial charge in [-0.3, -0.25) is 4.79 Å². The molecule has 1 rings (SSSR count). The van der Waals surface area contributed by atoms with Gasteiger partial charge in [0.1, 0.15) is 0 Å². The lowest BCUT2D eigenvalue weighted by molar-refractivity contribution is 0.0956. The molecule has 0 saturated heterocycles. The van der Waals surface area contributed by atoms with Crippen LogP contribution in [0.5, 0.6) is 0 Å². The largest absolute Gasteiger partial charge is 0.397 e. The number of carbonyl (C=O) groups excluding carboxylic acids is 1. The minimum absolute atomic E-state index is 0.0828. The number of benzene rings is 1. The maximum atomic E-state index is 11.7. The molecule has 4 nitrogen and oxygen atoms in total. The van der Waals surface area contributed by atoms with Crippen molar-refractivity contribution in [2.24, 2.45) is 5.92 Å². The van der Waals surface area contributed by atoms with Crippen molar-refractivity contribution >= 4 is 17.3 Å². The van der Waals surface area contributed by atoms with Crippen LogP contribution in [0.25, 0.3) is 0 Å². The van der Waals surface area contributed by atoms with Crippen LogP contribution < -0.4 is 16.4 Å². The Morgan fingerprint density at radius 2 is 2.11 bits per heavy atom. The van der Waals surface area contributed by atoms with E-state index in [0.29, 0.717) is 17.8 Å². The first kappa shape index (κ1) is 15.3. The minimum Gasteiger partial charge on any atom is -0.397 e. The topological polar surface area (TPSA) is 67.2 Å². The molecule has 0 fully saturated rings. The fraction of sp³-hybridized carbons (Fsp3) is 0.533. The number of amides is 1. The van der Waals surface area contributed by atoms with Crippen molar-refractivity contribution in [2.75, 3.05) is 24.1 Å². The number of hydrogen-bond donors (Lipinski definition) is 3. The van der Waals surface area contributed by atoms with E-state index in [2.05, 4.69) is 24.5 Å². The summed E-state index contributed by atoms with van der Waals surface area (Å²) in [5, 5.41) is 6.07. The Morgan fingerprint density at radius 3 is 2.68 bits per heavy atom. The van der Waals surface area contributed by atoms with Crippen molar-refractivity contribution in [3.05, 3.63) is 23.8 Å². The summed E-state index contributed by atoms with van der Waals surface area (Å²) in [6.45, 7) is 7.85. The third kappa shape index (κ3) is 5.20. The summed E-state index contributed by atoms with van der Waals surface area (Å²) in [6, 6.07) is 5.39. The lowest BCUT2D eigenvalue weighted by atomic mass is 10.1. The van der Waals surface area contributed by atoms with Crippen LogP contribution in [0.2, 0.25) is 0 Å². The second kappa shape index (κ2) is 7.67. The second-order valence-corrected chi connectivity index (χ2v) is 5.12. The van der Waals surface area contributed by atoms with Crippen LogP contribution in [-0.4, -0.2) is 19.0 Å². The third-order valence-corrected chi connectivity index (χ3v) is 2.92.